The standard InChI is InChI=1S/C14H7Cl2N3O2/c15-9-3-1-8(2-4-9)14-17-12-6-5-10(19(20)21)7-11(12)13(16)18-14/h1-7H. The minimum atomic E-state index is -0.483. The van der Waals surface area contributed by atoms with E-state index in [9.17, 15) is 10.1 Å². The molecule has 0 aliphatic heterocycles. The molecule has 0 unspecified atom stereocenters. The summed E-state index contributed by atoms with van der Waals surface area (Å²) in [5.41, 5.74) is 1.26. The molecule has 0 N–H and O–H groups in total. The lowest BCUT2D eigenvalue weighted by Crippen LogP contribution is -1.93. The van der Waals surface area contributed by atoms with E-state index in [0.29, 0.717) is 21.7 Å². The van der Waals surface area contributed by atoms with E-state index in [4.69, 9.17) is 23.2 Å². The third kappa shape index (κ3) is 2.66. The predicted molar refractivity (Wildman–Crippen MR) is 81.6 cm³/mol. The Balaban J connectivity index is 2.17. The normalized spacial score (nSPS) is 10.8. The lowest BCUT2D eigenvalue weighted by atomic mass is 10.2. The van der Waals surface area contributed by atoms with Crippen LogP contribution in [0.15, 0.2) is 42.5 Å². The van der Waals surface area contributed by atoms with Crippen LogP contribution in [0.2, 0.25) is 10.2 Å². The van der Waals surface area contributed by atoms with Gasteiger partial charge >= 0.3 is 0 Å². The van der Waals surface area contributed by atoms with Crippen molar-refractivity contribution in [3.8, 4) is 11.4 Å². The SMILES string of the molecule is O=[N+]([O-])c1ccc2nc(-c3ccc(Cl)cc3)nc(Cl)c2c1. The van der Waals surface area contributed by atoms with Crippen LogP contribution in [0.1, 0.15) is 0 Å². The Labute approximate surface area is 129 Å². The van der Waals surface area contributed by atoms with Crippen LogP contribution in [-0.4, -0.2) is 14.9 Å². The second-order valence-corrected chi connectivity index (χ2v) is 5.10. The molecule has 7 heteroatoms. The summed E-state index contributed by atoms with van der Waals surface area (Å²) >= 11 is 12.0. The molecule has 0 spiro atoms. The second kappa shape index (κ2) is 5.27. The number of fused-ring (bicyclic) bond motifs is 1. The molecule has 0 bridgehead atoms. The first kappa shape index (κ1) is 13.7. The van der Waals surface area contributed by atoms with E-state index in [1.165, 1.54) is 12.1 Å². The molecule has 0 saturated heterocycles. The molecule has 5 nitrogen and oxygen atoms in total. The second-order valence-electron chi connectivity index (χ2n) is 4.30. The van der Waals surface area contributed by atoms with E-state index in [1.807, 2.05) is 0 Å². The molecular weight excluding hydrogens is 313 g/mol. The van der Waals surface area contributed by atoms with Gasteiger partial charge in [-0.25, -0.2) is 9.97 Å². The van der Waals surface area contributed by atoms with Gasteiger partial charge in [0, 0.05) is 28.1 Å². The van der Waals surface area contributed by atoms with Gasteiger partial charge in [-0.2, -0.15) is 0 Å². The van der Waals surface area contributed by atoms with Crippen LogP contribution in [0, 0.1) is 10.1 Å². The summed E-state index contributed by atoms with van der Waals surface area (Å²) in [5.74, 6) is 0.443. The molecule has 104 valence electrons. The Bertz CT molecular complexity index is 851. The van der Waals surface area contributed by atoms with Crippen LogP contribution in [0.5, 0.6) is 0 Å². The monoisotopic (exact) mass is 319 g/mol. The number of non-ortho nitro benzene ring substituents is 1. The third-order valence-electron chi connectivity index (χ3n) is 2.95. The fourth-order valence-electron chi connectivity index (χ4n) is 1.92. The number of aromatic nitrogens is 2. The number of nitrogens with zero attached hydrogens (tertiary/aromatic N) is 3. The van der Waals surface area contributed by atoms with Crippen LogP contribution in [-0.2, 0) is 0 Å². The molecule has 3 aromatic rings. The van der Waals surface area contributed by atoms with Gasteiger partial charge in [-0.3, -0.25) is 10.1 Å². The van der Waals surface area contributed by atoms with Crippen molar-refractivity contribution < 1.29 is 4.92 Å². The highest BCUT2D eigenvalue weighted by Crippen LogP contribution is 2.28. The van der Waals surface area contributed by atoms with E-state index >= 15 is 0 Å². The highest BCUT2D eigenvalue weighted by molar-refractivity contribution is 6.34. The van der Waals surface area contributed by atoms with Crippen molar-refractivity contribution in [3.63, 3.8) is 0 Å². The minimum absolute atomic E-state index is 0.0488. The van der Waals surface area contributed by atoms with Gasteiger partial charge in [0.05, 0.1) is 10.4 Å². The van der Waals surface area contributed by atoms with E-state index in [1.54, 1.807) is 30.3 Å². The predicted octanol–water partition coefficient (Wildman–Crippen LogP) is 4.51. The third-order valence-corrected chi connectivity index (χ3v) is 3.49. The van der Waals surface area contributed by atoms with Crippen LogP contribution in [0.3, 0.4) is 0 Å². The number of halogens is 2. The Kier molecular flexibility index (Phi) is 3.45. The molecule has 0 fully saturated rings. The summed E-state index contributed by atoms with van der Waals surface area (Å²) < 4.78 is 0. The van der Waals surface area contributed by atoms with Gasteiger partial charge in [-0.1, -0.05) is 23.2 Å². The van der Waals surface area contributed by atoms with E-state index < -0.39 is 4.92 Å². The van der Waals surface area contributed by atoms with Gasteiger partial charge < -0.3 is 0 Å². The zero-order chi connectivity index (χ0) is 15.0. The summed E-state index contributed by atoms with van der Waals surface area (Å²) in [4.78, 5) is 18.9. The quantitative estimate of drug-likeness (QED) is 0.396. The molecular formula is C14H7Cl2N3O2. The highest BCUT2D eigenvalue weighted by Gasteiger charge is 2.12. The van der Waals surface area contributed by atoms with Crippen LogP contribution < -0.4 is 0 Å². The lowest BCUT2D eigenvalue weighted by Gasteiger charge is -2.04. The maximum Gasteiger partial charge on any atom is 0.270 e. The average Bonchev–Trinajstić information content (AvgIpc) is 2.47. The maximum absolute atomic E-state index is 10.8. The van der Waals surface area contributed by atoms with Crippen LogP contribution >= 0.6 is 23.2 Å². The van der Waals surface area contributed by atoms with E-state index in [0.717, 1.165) is 5.56 Å². The van der Waals surface area contributed by atoms with Gasteiger partial charge in [0.15, 0.2) is 5.82 Å². The van der Waals surface area contributed by atoms with Crippen molar-refractivity contribution in [2.24, 2.45) is 0 Å². The number of hydrogen-bond donors (Lipinski definition) is 0. The van der Waals surface area contributed by atoms with Crippen molar-refractivity contribution >= 4 is 39.8 Å². The van der Waals surface area contributed by atoms with Gasteiger partial charge in [0.2, 0.25) is 0 Å². The first-order valence-corrected chi connectivity index (χ1v) is 6.68. The molecule has 1 aromatic heterocycles. The minimum Gasteiger partial charge on any atom is -0.258 e. The van der Waals surface area contributed by atoms with Crippen LogP contribution in [0.25, 0.3) is 22.3 Å². The summed E-state index contributed by atoms with van der Waals surface area (Å²) in [7, 11) is 0. The Morgan fingerprint density at radius 2 is 1.71 bits per heavy atom. The molecule has 2 aromatic carbocycles. The van der Waals surface area contributed by atoms with E-state index in [-0.39, 0.29) is 10.8 Å². The first-order valence-electron chi connectivity index (χ1n) is 5.92. The Morgan fingerprint density at radius 1 is 1.00 bits per heavy atom. The van der Waals surface area contributed by atoms with Crippen molar-refractivity contribution in [1.82, 2.24) is 9.97 Å². The maximum atomic E-state index is 10.8. The fraction of sp³-hybridized carbons (Fsp3) is 0. The number of nitro benzene ring substituents is 1. The number of nitro groups is 1. The summed E-state index contributed by atoms with van der Waals surface area (Å²) in [6.07, 6.45) is 0. The average molecular weight is 320 g/mol. The highest BCUT2D eigenvalue weighted by atomic mass is 35.5. The van der Waals surface area contributed by atoms with Gasteiger partial charge in [0.1, 0.15) is 5.15 Å². The molecule has 0 aliphatic rings. The molecule has 0 amide bonds. The largest absolute Gasteiger partial charge is 0.270 e. The molecule has 0 radical (unpaired) electrons. The Morgan fingerprint density at radius 3 is 2.38 bits per heavy atom. The van der Waals surface area contributed by atoms with Gasteiger partial charge in [-0.15, -0.1) is 0 Å². The topological polar surface area (TPSA) is 68.9 Å². The van der Waals surface area contributed by atoms with Crippen LogP contribution in [0.4, 0.5) is 5.69 Å². The van der Waals surface area contributed by atoms with Crippen molar-refractivity contribution in [3.05, 3.63) is 62.8 Å². The van der Waals surface area contributed by atoms with Gasteiger partial charge in [0.25, 0.3) is 5.69 Å². The van der Waals surface area contributed by atoms with E-state index in [2.05, 4.69) is 9.97 Å². The Hall–Kier alpha value is -2.24. The fourth-order valence-corrected chi connectivity index (χ4v) is 2.28. The molecule has 21 heavy (non-hydrogen) atoms. The zero-order valence-corrected chi connectivity index (χ0v) is 12.0. The smallest absolute Gasteiger partial charge is 0.258 e. The van der Waals surface area contributed by atoms with Crippen molar-refractivity contribution in [1.29, 1.82) is 0 Å². The molecule has 3 rings (SSSR count). The first-order chi connectivity index (χ1) is 10.0. The molecule has 1 heterocycles. The van der Waals surface area contributed by atoms with Gasteiger partial charge in [-0.05, 0) is 30.3 Å². The van der Waals surface area contributed by atoms with Crippen molar-refractivity contribution in [2.45, 2.75) is 0 Å². The molecule has 0 saturated carbocycles. The lowest BCUT2D eigenvalue weighted by molar-refractivity contribution is -0.384. The number of hydrogen-bond acceptors (Lipinski definition) is 4. The molecule has 0 aliphatic carbocycles. The summed E-state index contributed by atoms with van der Waals surface area (Å²) in [5, 5.41) is 12.0. The molecule has 0 atom stereocenters. The summed E-state index contributed by atoms with van der Waals surface area (Å²) in [6, 6.07) is 11.3. The number of benzene rings is 2. The zero-order valence-electron chi connectivity index (χ0n) is 10.5. The summed E-state index contributed by atoms with van der Waals surface area (Å²) in [6.45, 7) is 0. The number of rotatable bonds is 2. The van der Waals surface area contributed by atoms with Crippen molar-refractivity contribution in [2.75, 3.05) is 0 Å².